The molecule has 2 aliphatic rings. The molecule has 0 bridgehead atoms. The van der Waals surface area contributed by atoms with Crippen molar-refractivity contribution in [1.82, 2.24) is 4.98 Å². The molecule has 1 aliphatic heterocycles. The van der Waals surface area contributed by atoms with Crippen molar-refractivity contribution in [2.75, 3.05) is 24.6 Å². The second kappa shape index (κ2) is 4.68. The molecule has 3 rings (SSSR count). The molecule has 2 fully saturated rings. The second-order valence-electron chi connectivity index (χ2n) is 5.54. The van der Waals surface area contributed by atoms with Gasteiger partial charge in [-0.2, -0.15) is 0 Å². The van der Waals surface area contributed by atoms with Gasteiger partial charge in [0.15, 0.2) is 5.78 Å². The van der Waals surface area contributed by atoms with E-state index in [-0.39, 0.29) is 18.9 Å². The van der Waals surface area contributed by atoms with Gasteiger partial charge in [0.2, 0.25) is 5.88 Å². The number of aromatic nitrogens is 1. The van der Waals surface area contributed by atoms with Crippen molar-refractivity contribution < 1.29 is 18.3 Å². The summed E-state index contributed by atoms with van der Waals surface area (Å²) in [5.74, 6) is -1.99. The lowest BCUT2D eigenvalue weighted by Gasteiger charge is -2.40. The number of hydrogen-bond donors (Lipinski definition) is 0. The first-order chi connectivity index (χ1) is 9.44. The van der Waals surface area contributed by atoms with Crippen LogP contribution < -0.4 is 9.64 Å². The molecule has 1 saturated carbocycles. The number of alkyl halides is 2. The van der Waals surface area contributed by atoms with Crippen LogP contribution in [0.4, 0.5) is 14.5 Å². The molecule has 108 valence electrons. The van der Waals surface area contributed by atoms with E-state index >= 15 is 0 Å². The molecule has 0 spiro atoms. The average Bonchev–Trinajstić information content (AvgIpc) is 3.17. The van der Waals surface area contributed by atoms with Gasteiger partial charge in [-0.25, -0.2) is 13.8 Å². The summed E-state index contributed by atoms with van der Waals surface area (Å²) in [5, 5.41) is 0. The van der Waals surface area contributed by atoms with Crippen LogP contribution in [-0.2, 0) is 0 Å². The lowest BCUT2D eigenvalue weighted by Crippen LogP contribution is -2.56. The Morgan fingerprint density at radius 1 is 1.45 bits per heavy atom. The number of ether oxygens (including phenoxy) is 1. The van der Waals surface area contributed by atoms with Crippen molar-refractivity contribution >= 4 is 11.5 Å². The zero-order valence-corrected chi connectivity index (χ0v) is 11.2. The third-order valence-corrected chi connectivity index (χ3v) is 3.54. The van der Waals surface area contributed by atoms with Crippen molar-refractivity contribution in [2.24, 2.45) is 5.92 Å². The minimum absolute atomic E-state index is 0.165. The molecule has 0 radical (unpaired) electrons. The minimum Gasteiger partial charge on any atom is -0.476 e. The van der Waals surface area contributed by atoms with Gasteiger partial charge in [-0.05, 0) is 30.9 Å². The minimum atomic E-state index is -2.65. The monoisotopic (exact) mass is 282 g/mol. The highest BCUT2D eigenvalue weighted by Gasteiger charge is 2.45. The number of pyridine rings is 1. The fourth-order valence-corrected chi connectivity index (χ4v) is 2.14. The maximum Gasteiger partial charge on any atom is 0.282 e. The molecule has 0 unspecified atom stereocenters. The zero-order valence-electron chi connectivity index (χ0n) is 11.2. The molecule has 2 heterocycles. The van der Waals surface area contributed by atoms with Gasteiger partial charge in [0, 0.05) is 6.92 Å². The van der Waals surface area contributed by atoms with E-state index in [1.54, 1.807) is 12.1 Å². The number of Topliss-reactive ketones (excluding diaryl/α,β-unsaturated/α-hetero) is 1. The number of rotatable bonds is 5. The van der Waals surface area contributed by atoms with E-state index in [4.69, 9.17) is 4.74 Å². The smallest absolute Gasteiger partial charge is 0.282 e. The molecule has 1 aromatic rings. The first-order valence-corrected chi connectivity index (χ1v) is 6.72. The number of carbonyl (C=O) groups excluding carboxylic acids is 1. The van der Waals surface area contributed by atoms with Gasteiger partial charge in [0.25, 0.3) is 5.92 Å². The van der Waals surface area contributed by atoms with Crippen molar-refractivity contribution in [3.63, 3.8) is 0 Å². The zero-order chi connectivity index (χ0) is 14.3. The van der Waals surface area contributed by atoms with Crippen molar-refractivity contribution in [1.29, 1.82) is 0 Å². The summed E-state index contributed by atoms with van der Waals surface area (Å²) in [6.45, 7) is 1.30. The fraction of sp³-hybridized carbons (Fsp3) is 0.571. The van der Waals surface area contributed by atoms with Crippen molar-refractivity contribution in [3.05, 3.63) is 17.8 Å². The number of carbonyl (C=O) groups is 1. The Hall–Kier alpha value is -1.72. The molecule has 0 N–H and O–H groups in total. The topological polar surface area (TPSA) is 42.4 Å². The normalized spacial score (nSPS) is 20.4. The Kier molecular flexibility index (Phi) is 3.11. The summed E-state index contributed by atoms with van der Waals surface area (Å²) in [7, 11) is 0. The van der Waals surface area contributed by atoms with Gasteiger partial charge >= 0.3 is 0 Å². The van der Waals surface area contributed by atoms with Crippen LogP contribution in [0.5, 0.6) is 5.88 Å². The van der Waals surface area contributed by atoms with E-state index in [1.165, 1.54) is 11.8 Å². The number of ketones is 1. The number of hydrogen-bond acceptors (Lipinski definition) is 4. The second-order valence-corrected chi connectivity index (χ2v) is 5.54. The molecule has 1 aliphatic carbocycles. The van der Waals surface area contributed by atoms with Crippen LogP contribution in [0.3, 0.4) is 0 Å². The van der Waals surface area contributed by atoms with Crippen LogP contribution >= 0.6 is 0 Å². The van der Waals surface area contributed by atoms with Crippen LogP contribution in [-0.4, -0.2) is 36.4 Å². The van der Waals surface area contributed by atoms with Crippen LogP contribution in [0.25, 0.3) is 0 Å². The van der Waals surface area contributed by atoms with Gasteiger partial charge < -0.3 is 9.64 Å². The van der Waals surface area contributed by atoms with Gasteiger partial charge in [0.1, 0.15) is 11.4 Å². The molecule has 1 aromatic heterocycles. The summed E-state index contributed by atoms with van der Waals surface area (Å²) in [6, 6.07) is 3.19. The van der Waals surface area contributed by atoms with E-state index < -0.39 is 5.92 Å². The third-order valence-electron chi connectivity index (χ3n) is 3.54. The largest absolute Gasteiger partial charge is 0.476 e. The summed E-state index contributed by atoms with van der Waals surface area (Å²) in [6.07, 6.45) is 2.26. The Bertz CT molecular complexity index is 536. The van der Waals surface area contributed by atoms with E-state index in [9.17, 15) is 13.6 Å². The molecule has 6 heteroatoms. The van der Waals surface area contributed by atoms with E-state index in [1.807, 2.05) is 0 Å². The van der Waals surface area contributed by atoms with Gasteiger partial charge in [0.05, 0.1) is 19.7 Å². The third kappa shape index (κ3) is 2.73. The number of nitrogens with zero attached hydrogens (tertiary/aromatic N) is 2. The summed E-state index contributed by atoms with van der Waals surface area (Å²) < 4.78 is 31.6. The van der Waals surface area contributed by atoms with Gasteiger partial charge in [-0.15, -0.1) is 0 Å². The van der Waals surface area contributed by atoms with Crippen LogP contribution in [0.1, 0.15) is 30.3 Å². The number of halogens is 2. The highest BCUT2D eigenvalue weighted by molar-refractivity contribution is 5.92. The predicted molar refractivity (Wildman–Crippen MR) is 69.6 cm³/mol. The molecular formula is C14H16F2N2O2. The van der Waals surface area contributed by atoms with E-state index in [0.29, 0.717) is 29.8 Å². The van der Waals surface area contributed by atoms with Crippen LogP contribution in [0.15, 0.2) is 12.1 Å². The maximum absolute atomic E-state index is 13.0. The highest BCUT2D eigenvalue weighted by atomic mass is 19.3. The quantitative estimate of drug-likeness (QED) is 0.778. The summed E-state index contributed by atoms with van der Waals surface area (Å²) >= 11 is 0. The lowest BCUT2D eigenvalue weighted by atomic mass is 10.1. The number of anilines is 1. The molecular weight excluding hydrogens is 266 g/mol. The standard InChI is InChI=1S/C14H16F2N2O2/c1-9(19)11-4-5-12(18-7-14(15,16)8-18)13(17-11)20-6-10-2-3-10/h4-5,10H,2-3,6-8H2,1H3. The molecule has 1 saturated heterocycles. The summed E-state index contributed by atoms with van der Waals surface area (Å²) in [5.41, 5.74) is 0.841. The van der Waals surface area contributed by atoms with Gasteiger partial charge in [-0.1, -0.05) is 0 Å². The fourth-order valence-electron chi connectivity index (χ4n) is 2.14. The predicted octanol–water partition coefficient (Wildman–Crippen LogP) is 2.53. The molecule has 0 aromatic carbocycles. The van der Waals surface area contributed by atoms with Crippen LogP contribution in [0, 0.1) is 5.92 Å². The maximum atomic E-state index is 13.0. The Balaban J connectivity index is 1.81. The first-order valence-electron chi connectivity index (χ1n) is 6.72. The van der Waals surface area contributed by atoms with E-state index in [0.717, 1.165) is 12.8 Å². The molecule has 0 amide bonds. The van der Waals surface area contributed by atoms with E-state index in [2.05, 4.69) is 4.98 Å². The van der Waals surface area contributed by atoms with Crippen molar-refractivity contribution in [3.8, 4) is 5.88 Å². The Morgan fingerprint density at radius 3 is 2.70 bits per heavy atom. The first kappa shape index (κ1) is 13.3. The van der Waals surface area contributed by atoms with Gasteiger partial charge in [-0.3, -0.25) is 4.79 Å². The Morgan fingerprint density at radius 2 is 2.15 bits per heavy atom. The molecule has 0 atom stereocenters. The SMILES string of the molecule is CC(=O)c1ccc(N2CC(F)(F)C2)c(OCC2CC2)n1. The molecule has 4 nitrogen and oxygen atoms in total. The summed E-state index contributed by atoms with van der Waals surface area (Å²) in [4.78, 5) is 17.1. The Labute approximate surface area is 115 Å². The lowest BCUT2D eigenvalue weighted by molar-refractivity contribution is -0.0265. The highest BCUT2D eigenvalue weighted by Crippen LogP contribution is 2.37. The molecule has 20 heavy (non-hydrogen) atoms. The van der Waals surface area contributed by atoms with Crippen molar-refractivity contribution in [2.45, 2.75) is 25.7 Å². The average molecular weight is 282 g/mol. The van der Waals surface area contributed by atoms with Crippen LogP contribution in [0.2, 0.25) is 0 Å².